The third-order valence-electron chi connectivity index (χ3n) is 4.70. The predicted octanol–water partition coefficient (Wildman–Crippen LogP) is 4.39. The Morgan fingerprint density at radius 1 is 0.967 bits per heavy atom. The summed E-state index contributed by atoms with van der Waals surface area (Å²) in [6.07, 6.45) is 0. The fraction of sp³-hybridized carbons (Fsp3) is 0.167. The number of nitrogens with one attached hydrogen (secondary N) is 2. The van der Waals surface area contributed by atoms with Crippen molar-refractivity contribution in [3.63, 3.8) is 0 Å². The molecule has 0 unspecified atom stereocenters. The molecule has 154 valence electrons. The Morgan fingerprint density at radius 3 is 2.47 bits per heavy atom. The number of carbonyl (C=O) groups excluding carboxylic acids is 2. The van der Waals surface area contributed by atoms with Gasteiger partial charge in [-0.25, -0.2) is 4.39 Å². The first kappa shape index (κ1) is 21.0. The van der Waals surface area contributed by atoms with Gasteiger partial charge in [0.25, 0.3) is 5.91 Å². The summed E-state index contributed by atoms with van der Waals surface area (Å²) in [5.74, 6) is -0.482. The summed E-state index contributed by atoms with van der Waals surface area (Å²) in [6, 6.07) is 18.3. The molecule has 2 N–H and O–H groups in total. The van der Waals surface area contributed by atoms with Gasteiger partial charge in [0.1, 0.15) is 18.2 Å². The van der Waals surface area contributed by atoms with E-state index in [1.807, 2.05) is 32.0 Å². The van der Waals surface area contributed by atoms with Crippen LogP contribution in [0.5, 0.6) is 5.75 Å². The van der Waals surface area contributed by atoms with Crippen LogP contribution in [-0.4, -0.2) is 18.4 Å². The molecule has 3 rings (SSSR count). The first-order chi connectivity index (χ1) is 14.4. The fourth-order valence-electron chi connectivity index (χ4n) is 2.82. The van der Waals surface area contributed by atoms with Crippen molar-refractivity contribution in [3.8, 4) is 5.75 Å². The van der Waals surface area contributed by atoms with Crippen LogP contribution in [0.1, 0.15) is 27.0 Å². The van der Waals surface area contributed by atoms with E-state index < -0.39 is 0 Å². The lowest BCUT2D eigenvalue weighted by atomic mass is 10.1. The molecule has 0 saturated heterocycles. The van der Waals surface area contributed by atoms with Gasteiger partial charge in [-0.1, -0.05) is 30.3 Å². The molecule has 0 radical (unpaired) electrons. The molecule has 0 spiro atoms. The number of ether oxygens (including phenoxy) is 1. The third-order valence-corrected chi connectivity index (χ3v) is 4.70. The molecular weight excluding hydrogens is 383 g/mol. The van der Waals surface area contributed by atoms with Crippen molar-refractivity contribution < 1.29 is 18.7 Å². The smallest absolute Gasteiger partial charge is 0.251 e. The van der Waals surface area contributed by atoms with E-state index in [1.54, 1.807) is 36.4 Å². The summed E-state index contributed by atoms with van der Waals surface area (Å²) >= 11 is 0. The number of rotatable bonds is 7. The van der Waals surface area contributed by atoms with Crippen LogP contribution >= 0.6 is 0 Å². The molecular formula is C24H23FN2O3. The van der Waals surface area contributed by atoms with E-state index in [0.717, 1.165) is 22.4 Å². The predicted molar refractivity (Wildman–Crippen MR) is 114 cm³/mol. The second kappa shape index (κ2) is 9.69. The number of aryl methyl sites for hydroxylation is 1. The summed E-state index contributed by atoms with van der Waals surface area (Å²) < 4.78 is 18.6. The molecule has 0 atom stereocenters. The highest BCUT2D eigenvalue weighted by Crippen LogP contribution is 2.18. The van der Waals surface area contributed by atoms with Gasteiger partial charge in [-0.2, -0.15) is 0 Å². The summed E-state index contributed by atoms with van der Waals surface area (Å²) in [5.41, 5.74) is 3.99. The molecule has 0 heterocycles. The van der Waals surface area contributed by atoms with Gasteiger partial charge in [-0.15, -0.1) is 0 Å². The number of hydrogen-bond donors (Lipinski definition) is 2. The van der Waals surface area contributed by atoms with E-state index in [2.05, 4.69) is 10.6 Å². The number of hydrogen-bond acceptors (Lipinski definition) is 3. The highest BCUT2D eigenvalue weighted by Gasteiger charge is 2.11. The Morgan fingerprint density at radius 2 is 1.70 bits per heavy atom. The zero-order valence-electron chi connectivity index (χ0n) is 16.9. The van der Waals surface area contributed by atoms with Crippen molar-refractivity contribution in [3.05, 3.63) is 94.8 Å². The highest BCUT2D eigenvalue weighted by atomic mass is 19.1. The van der Waals surface area contributed by atoms with Crippen LogP contribution < -0.4 is 15.4 Å². The zero-order chi connectivity index (χ0) is 21.5. The molecule has 0 fully saturated rings. The molecule has 3 aromatic rings. The second-order valence-electron chi connectivity index (χ2n) is 6.92. The number of amides is 2. The average molecular weight is 406 g/mol. The summed E-state index contributed by atoms with van der Waals surface area (Å²) in [4.78, 5) is 24.6. The van der Waals surface area contributed by atoms with Crippen molar-refractivity contribution in [1.29, 1.82) is 0 Å². The van der Waals surface area contributed by atoms with Gasteiger partial charge in [0.2, 0.25) is 5.91 Å². The maximum atomic E-state index is 13.0. The number of benzene rings is 3. The van der Waals surface area contributed by atoms with Crippen LogP contribution in [0.2, 0.25) is 0 Å². The molecule has 6 heteroatoms. The lowest BCUT2D eigenvalue weighted by molar-refractivity contribution is -0.115. The Bertz CT molecular complexity index is 1050. The van der Waals surface area contributed by atoms with Gasteiger partial charge in [0, 0.05) is 11.3 Å². The van der Waals surface area contributed by atoms with Gasteiger partial charge in [-0.05, 0) is 66.9 Å². The van der Waals surface area contributed by atoms with E-state index in [-0.39, 0.29) is 30.8 Å². The van der Waals surface area contributed by atoms with Crippen LogP contribution in [-0.2, 0) is 11.4 Å². The van der Waals surface area contributed by atoms with Gasteiger partial charge >= 0.3 is 0 Å². The standard InChI is InChI=1S/C24H23FN2O3/c1-16-5-3-8-22(17(16)2)27-23(28)14-26-24(29)19-6-4-7-21(13-19)30-15-18-9-11-20(25)12-10-18/h3-13H,14-15H2,1-2H3,(H,26,29)(H,27,28). The van der Waals surface area contributed by atoms with Gasteiger partial charge in [0.15, 0.2) is 0 Å². The largest absolute Gasteiger partial charge is 0.489 e. The van der Waals surface area contributed by atoms with Crippen molar-refractivity contribution in [2.75, 3.05) is 11.9 Å². The molecule has 0 aliphatic carbocycles. The maximum absolute atomic E-state index is 13.0. The van der Waals surface area contributed by atoms with Gasteiger partial charge in [-0.3, -0.25) is 9.59 Å². The minimum Gasteiger partial charge on any atom is -0.489 e. The molecule has 2 amide bonds. The second-order valence-corrected chi connectivity index (χ2v) is 6.92. The van der Waals surface area contributed by atoms with E-state index in [9.17, 15) is 14.0 Å². The first-order valence-corrected chi connectivity index (χ1v) is 9.54. The number of anilines is 1. The molecule has 5 nitrogen and oxygen atoms in total. The summed E-state index contributed by atoms with van der Waals surface area (Å²) in [5, 5.41) is 5.42. The minimum atomic E-state index is -0.377. The SMILES string of the molecule is Cc1cccc(NC(=O)CNC(=O)c2cccc(OCc3ccc(F)cc3)c2)c1C. The monoisotopic (exact) mass is 406 g/mol. The molecule has 3 aromatic carbocycles. The Hall–Kier alpha value is -3.67. The van der Waals surface area contributed by atoms with E-state index >= 15 is 0 Å². The molecule has 0 bridgehead atoms. The topological polar surface area (TPSA) is 67.4 Å². The molecule has 0 aromatic heterocycles. The van der Waals surface area contributed by atoms with Crippen molar-refractivity contribution >= 4 is 17.5 Å². The maximum Gasteiger partial charge on any atom is 0.251 e. The van der Waals surface area contributed by atoms with Crippen LogP contribution in [0.4, 0.5) is 10.1 Å². The summed E-state index contributed by atoms with van der Waals surface area (Å²) in [6.45, 7) is 4.01. The molecule has 0 aliphatic heterocycles. The Kier molecular flexibility index (Phi) is 6.80. The Balaban J connectivity index is 1.53. The normalized spacial score (nSPS) is 10.4. The lowest BCUT2D eigenvalue weighted by Crippen LogP contribution is -2.33. The highest BCUT2D eigenvalue weighted by molar-refractivity contribution is 5.99. The summed E-state index contributed by atoms with van der Waals surface area (Å²) in [7, 11) is 0. The van der Waals surface area contributed by atoms with Crippen molar-refractivity contribution in [2.45, 2.75) is 20.5 Å². The van der Waals surface area contributed by atoms with E-state index in [4.69, 9.17) is 4.74 Å². The van der Waals surface area contributed by atoms with Gasteiger partial charge < -0.3 is 15.4 Å². The molecule has 0 saturated carbocycles. The number of carbonyl (C=O) groups is 2. The number of halogens is 1. The molecule has 0 aliphatic rings. The minimum absolute atomic E-state index is 0.146. The van der Waals surface area contributed by atoms with Crippen molar-refractivity contribution in [2.24, 2.45) is 0 Å². The average Bonchev–Trinajstić information content (AvgIpc) is 2.75. The molecule has 30 heavy (non-hydrogen) atoms. The van der Waals surface area contributed by atoms with Crippen LogP contribution in [0, 0.1) is 19.7 Å². The lowest BCUT2D eigenvalue weighted by Gasteiger charge is -2.11. The van der Waals surface area contributed by atoms with Crippen molar-refractivity contribution in [1.82, 2.24) is 5.32 Å². The van der Waals surface area contributed by atoms with E-state index in [0.29, 0.717) is 11.3 Å². The van der Waals surface area contributed by atoms with Crippen LogP contribution in [0.25, 0.3) is 0 Å². The van der Waals surface area contributed by atoms with E-state index in [1.165, 1.54) is 12.1 Å². The first-order valence-electron chi connectivity index (χ1n) is 9.54. The van der Waals surface area contributed by atoms with Crippen LogP contribution in [0.15, 0.2) is 66.7 Å². The van der Waals surface area contributed by atoms with Crippen LogP contribution in [0.3, 0.4) is 0 Å². The van der Waals surface area contributed by atoms with Gasteiger partial charge in [0.05, 0.1) is 6.54 Å². The fourth-order valence-corrected chi connectivity index (χ4v) is 2.82. The quantitative estimate of drug-likeness (QED) is 0.612. The zero-order valence-corrected chi connectivity index (χ0v) is 16.9. The third kappa shape index (κ3) is 5.67. The Labute approximate surface area is 174 Å².